The molecule has 39 heavy (non-hydrogen) atoms. The summed E-state index contributed by atoms with van der Waals surface area (Å²) in [6, 6.07) is 26.2. The topological polar surface area (TPSA) is 84.5 Å². The molecule has 2 atom stereocenters. The van der Waals surface area contributed by atoms with Gasteiger partial charge in [-0.3, -0.25) is 0 Å². The average Bonchev–Trinajstić information content (AvgIpc) is 2.95. The molecule has 0 aliphatic heterocycles. The van der Waals surface area contributed by atoms with Gasteiger partial charge in [-0.1, -0.05) is 72.8 Å². The van der Waals surface area contributed by atoms with Crippen LogP contribution < -0.4 is 0 Å². The zero-order valence-electron chi connectivity index (χ0n) is 20.1. The molecule has 2 unspecified atom stereocenters. The normalized spacial score (nSPS) is 11.3. The first-order chi connectivity index (χ1) is 18.5. The average molecular weight is 583 g/mol. The van der Waals surface area contributed by atoms with Gasteiger partial charge in [0.05, 0.1) is 25.3 Å². The van der Waals surface area contributed by atoms with Crippen LogP contribution in [0.15, 0.2) is 94.7 Å². The number of nitrogens with zero attached hydrogens (tertiary/aromatic N) is 6. The van der Waals surface area contributed by atoms with Gasteiger partial charge in [0, 0.05) is 27.6 Å². The molecule has 0 spiro atoms. The third kappa shape index (κ3) is 6.10. The van der Waals surface area contributed by atoms with Crippen LogP contribution in [0.3, 0.4) is 0 Å². The first-order valence-electron chi connectivity index (χ1n) is 11.3. The van der Waals surface area contributed by atoms with E-state index in [-0.39, 0.29) is 39.0 Å². The number of benzene rings is 4. The molecule has 0 saturated heterocycles. The molecule has 0 heterocycles. The molecular formula is C30H16N6NiS2-4. The van der Waals surface area contributed by atoms with E-state index in [1.807, 2.05) is 0 Å². The van der Waals surface area contributed by atoms with Crippen molar-refractivity contribution in [3.8, 4) is 12.1 Å². The van der Waals surface area contributed by atoms with Crippen LogP contribution in [0.5, 0.6) is 0 Å². The summed E-state index contributed by atoms with van der Waals surface area (Å²) in [4.78, 5) is 8.29. The van der Waals surface area contributed by atoms with Gasteiger partial charge in [-0.25, -0.2) is 9.69 Å². The van der Waals surface area contributed by atoms with Gasteiger partial charge < -0.3 is 35.9 Å². The van der Waals surface area contributed by atoms with Gasteiger partial charge in [-0.15, -0.1) is 12.1 Å². The predicted molar refractivity (Wildman–Crippen MR) is 151 cm³/mol. The largest absolute Gasteiger partial charge is 0.781 e. The number of nitriles is 2. The second-order valence-corrected chi connectivity index (χ2v) is 8.89. The smallest absolute Gasteiger partial charge is 0.190 e. The van der Waals surface area contributed by atoms with E-state index in [2.05, 4.69) is 21.8 Å². The minimum atomic E-state index is -0.983. The van der Waals surface area contributed by atoms with E-state index in [1.54, 1.807) is 84.9 Å². The van der Waals surface area contributed by atoms with Crippen molar-refractivity contribution in [2.45, 2.75) is 21.9 Å². The van der Waals surface area contributed by atoms with E-state index in [9.17, 15) is 10.5 Å². The van der Waals surface area contributed by atoms with Crippen LogP contribution in [0.25, 0.3) is 20.3 Å². The molecule has 0 aliphatic carbocycles. The second-order valence-electron chi connectivity index (χ2n) is 8.01. The Bertz CT molecular complexity index is 1490. The van der Waals surface area contributed by atoms with Crippen molar-refractivity contribution in [3.63, 3.8) is 0 Å². The second kappa shape index (κ2) is 13.3. The Morgan fingerprint density at radius 3 is 1.33 bits per heavy atom. The quantitative estimate of drug-likeness (QED) is 0.124. The van der Waals surface area contributed by atoms with Crippen LogP contribution in [0, 0.1) is 35.8 Å². The Labute approximate surface area is 248 Å². The Hall–Kier alpha value is -4.63. The molecule has 0 aromatic heterocycles. The maximum atomic E-state index is 10.0. The maximum absolute atomic E-state index is 10.0. The third-order valence-electron chi connectivity index (χ3n) is 5.83. The molecule has 0 bridgehead atoms. The molecule has 6 nitrogen and oxygen atoms in total. The molecule has 0 saturated carbocycles. The SMILES string of the molecule is [C-]#[N+]c1cccc(C#N)c1C([N-]c1ccccc1[S-])C([N-]c1ccccc1[S-])c1c(C#N)cccc1[N+]#[C-].[Ni]. The number of para-hydroxylation sites is 2. The molecule has 4 aromatic carbocycles. The van der Waals surface area contributed by atoms with Crippen LogP contribution in [0.2, 0.25) is 0 Å². The molecule has 0 amide bonds. The van der Waals surface area contributed by atoms with E-state index in [0.717, 1.165) is 0 Å². The summed E-state index contributed by atoms with van der Waals surface area (Å²) >= 11 is 11.1. The third-order valence-corrected chi connectivity index (χ3v) is 6.52. The molecule has 9 heteroatoms. The fourth-order valence-corrected chi connectivity index (χ4v) is 4.53. The molecule has 192 valence electrons. The number of rotatable bonds is 7. The summed E-state index contributed by atoms with van der Waals surface area (Å²) in [5.41, 5.74) is 2.49. The Kier molecular flexibility index (Phi) is 9.83. The first kappa shape index (κ1) is 28.9. The van der Waals surface area contributed by atoms with Gasteiger partial charge >= 0.3 is 0 Å². The Balaban J connectivity index is 0.00000420. The van der Waals surface area contributed by atoms with E-state index < -0.39 is 12.1 Å². The minimum absolute atomic E-state index is 0. The monoisotopic (exact) mass is 582 g/mol. The van der Waals surface area contributed by atoms with E-state index >= 15 is 0 Å². The maximum Gasteiger partial charge on any atom is 0.190 e. The van der Waals surface area contributed by atoms with Crippen molar-refractivity contribution in [1.29, 1.82) is 10.5 Å². The van der Waals surface area contributed by atoms with Crippen molar-refractivity contribution >= 4 is 48.0 Å². The number of hydrogen-bond donors (Lipinski definition) is 0. The van der Waals surface area contributed by atoms with E-state index in [4.69, 9.17) is 49.0 Å². The molecule has 0 N–H and O–H groups in total. The molecule has 0 radical (unpaired) electrons. The van der Waals surface area contributed by atoms with Crippen LogP contribution in [-0.4, -0.2) is 0 Å². The molecular weight excluding hydrogens is 567 g/mol. The van der Waals surface area contributed by atoms with Crippen molar-refractivity contribution in [2.24, 2.45) is 0 Å². The molecule has 0 aliphatic rings. The van der Waals surface area contributed by atoms with Crippen LogP contribution >= 0.6 is 0 Å². The first-order valence-corrected chi connectivity index (χ1v) is 12.1. The summed E-state index contributed by atoms with van der Waals surface area (Å²) in [6.45, 7) is 15.7. The van der Waals surface area contributed by atoms with Gasteiger partial charge in [-0.05, 0) is 23.3 Å². The van der Waals surface area contributed by atoms with Crippen LogP contribution in [0.1, 0.15) is 34.3 Å². The van der Waals surface area contributed by atoms with Crippen LogP contribution in [-0.2, 0) is 41.7 Å². The van der Waals surface area contributed by atoms with Crippen LogP contribution in [0.4, 0.5) is 22.7 Å². The summed E-state index contributed by atoms with van der Waals surface area (Å²) < 4.78 is 0. The van der Waals surface area contributed by atoms with E-state index in [0.29, 0.717) is 32.3 Å². The fourth-order valence-electron chi connectivity index (χ4n) is 4.13. The zero-order valence-corrected chi connectivity index (χ0v) is 22.7. The summed E-state index contributed by atoms with van der Waals surface area (Å²) in [7, 11) is 0. The molecule has 0 fully saturated rings. The summed E-state index contributed by atoms with van der Waals surface area (Å²) in [5.74, 6) is 0. The van der Waals surface area contributed by atoms with Crippen molar-refractivity contribution in [2.75, 3.05) is 0 Å². The summed E-state index contributed by atoms with van der Waals surface area (Å²) in [6.07, 6.45) is 0. The van der Waals surface area contributed by atoms with Gasteiger partial charge in [0.15, 0.2) is 11.4 Å². The van der Waals surface area contributed by atoms with E-state index in [1.165, 1.54) is 0 Å². The van der Waals surface area contributed by atoms with Gasteiger partial charge in [0.2, 0.25) is 0 Å². The Morgan fingerprint density at radius 1 is 0.615 bits per heavy atom. The standard InChI is InChI=1S/C30H18N6S2.Ni/c1-33-23-13-7-9-19(17-31)27(23)29(35-21-11-3-5-15-25(21)37)30(36-22-12-4-6-16-26(22)38)28-20(18-32)10-8-14-24(28)34-2;/h3-16,29-30,37-38H;/q-2;/p-2. The summed E-state index contributed by atoms with van der Waals surface area (Å²) in [5, 5.41) is 30.0. The van der Waals surface area contributed by atoms with Gasteiger partial charge in [0.1, 0.15) is 0 Å². The minimum Gasteiger partial charge on any atom is -0.781 e. The number of hydrogen-bond acceptors (Lipinski definition) is 4. The van der Waals surface area contributed by atoms with Crippen molar-refractivity contribution in [3.05, 3.63) is 141 Å². The molecule has 4 rings (SSSR count). The predicted octanol–water partition coefficient (Wildman–Crippen LogP) is 8.53. The Morgan fingerprint density at radius 2 is 1.00 bits per heavy atom. The van der Waals surface area contributed by atoms with Gasteiger partial charge in [-0.2, -0.15) is 31.7 Å². The molecule has 4 aromatic rings. The zero-order chi connectivity index (χ0) is 27.1. The fraction of sp³-hybridized carbons (Fsp3) is 0.0667. The van der Waals surface area contributed by atoms with Crippen molar-refractivity contribution in [1.82, 2.24) is 0 Å². The van der Waals surface area contributed by atoms with Crippen molar-refractivity contribution < 1.29 is 16.5 Å². The van der Waals surface area contributed by atoms with Gasteiger partial charge in [0.25, 0.3) is 0 Å².